The summed E-state index contributed by atoms with van der Waals surface area (Å²) >= 11 is 0. The summed E-state index contributed by atoms with van der Waals surface area (Å²) in [6.45, 7) is 0.459. The summed E-state index contributed by atoms with van der Waals surface area (Å²) in [5.74, 6) is -0.966. The van der Waals surface area contributed by atoms with E-state index in [-0.39, 0.29) is 46.5 Å². The molecule has 2 aromatic carbocycles. The molecule has 0 fully saturated rings. The van der Waals surface area contributed by atoms with Gasteiger partial charge in [-0.3, -0.25) is 24.5 Å². The van der Waals surface area contributed by atoms with Gasteiger partial charge in [0.15, 0.2) is 6.54 Å². The zero-order chi connectivity index (χ0) is 22.1. The SMILES string of the molecule is COCCn1c[n+](CC(=O)c2ccc([N+](=O)[O-])cc2)c2c1C(=O)c1ccccc1C2=O. The minimum Gasteiger partial charge on any atom is -0.381 e. The fraction of sp³-hybridized carbons (Fsp3) is 0.182. The molecular formula is C22H18N3O6+. The van der Waals surface area contributed by atoms with Gasteiger partial charge in [0.2, 0.25) is 35.1 Å². The number of Topliss-reactive ketones (excluding diaryl/α,β-unsaturated/α-hetero) is 1. The molecule has 9 nitrogen and oxygen atoms in total. The molecule has 3 aromatic rings. The number of benzene rings is 2. The summed E-state index contributed by atoms with van der Waals surface area (Å²) in [5.41, 5.74) is 1.13. The maximum Gasteiger partial charge on any atom is 0.269 e. The van der Waals surface area contributed by atoms with Gasteiger partial charge in [0.1, 0.15) is 6.54 Å². The van der Waals surface area contributed by atoms with Gasteiger partial charge in [-0.1, -0.05) is 24.3 Å². The second-order valence-corrected chi connectivity index (χ2v) is 7.06. The van der Waals surface area contributed by atoms with E-state index in [9.17, 15) is 24.5 Å². The number of carbonyl (C=O) groups excluding carboxylic acids is 3. The minimum atomic E-state index is -0.545. The molecule has 0 spiro atoms. The molecule has 0 bridgehead atoms. The van der Waals surface area contributed by atoms with Crippen LogP contribution in [-0.2, 0) is 17.8 Å². The van der Waals surface area contributed by atoms with Crippen molar-refractivity contribution >= 4 is 23.0 Å². The molecule has 0 amide bonds. The topological polar surface area (TPSA) is 112 Å². The Morgan fingerprint density at radius 2 is 1.71 bits per heavy atom. The minimum absolute atomic E-state index is 0.121. The van der Waals surface area contributed by atoms with Crippen molar-refractivity contribution in [2.75, 3.05) is 13.7 Å². The normalized spacial score (nSPS) is 12.4. The molecule has 156 valence electrons. The smallest absolute Gasteiger partial charge is 0.269 e. The molecule has 0 saturated heterocycles. The molecule has 1 aromatic heterocycles. The monoisotopic (exact) mass is 420 g/mol. The average molecular weight is 420 g/mol. The van der Waals surface area contributed by atoms with E-state index in [0.29, 0.717) is 24.3 Å². The first-order chi connectivity index (χ1) is 14.9. The Morgan fingerprint density at radius 3 is 2.32 bits per heavy atom. The lowest BCUT2D eigenvalue weighted by molar-refractivity contribution is -0.684. The van der Waals surface area contributed by atoms with Crippen molar-refractivity contribution in [3.8, 4) is 0 Å². The maximum atomic E-state index is 13.2. The fourth-order valence-electron chi connectivity index (χ4n) is 3.66. The van der Waals surface area contributed by atoms with Crippen molar-refractivity contribution in [1.29, 1.82) is 0 Å². The van der Waals surface area contributed by atoms with Crippen molar-refractivity contribution in [1.82, 2.24) is 4.57 Å². The Hall–Kier alpha value is -3.98. The number of imidazole rings is 1. The van der Waals surface area contributed by atoms with Gasteiger partial charge in [0.05, 0.1) is 11.5 Å². The number of nitro groups is 1. The molecule has 0 unspecified atom stereocenters. The van der Waals surface area contributed by atoms with Gasteiger partial charge < -0.3 is 4.74 Å². The standard InChI is InChI=1S/C22H18N3O6/c1-31-11-10-23-13-24(12-18(26)14-6-8-15(9-7-14)25(29)30)20-19(23)21(27)16-4-2-3-5-17(16)22(20)28/h2-9,13H,10-12H2,1H3/q+1. The molecule has 1 aliphatic carbocycles. The van der Waals surface area contributed by atoms with E-state index in [1.165, 1.54) is 35.9 Å². The molecule has 4 rings (SSSR count). The molecule has 0 atom stereocenters. The van der Waals surface area contributed by atoms with Crippen LogP contribution >= 0.6 is 0 Å². The van der Waals surface area contributed by atoms with Crippen molar-refractivity contribution in [3.63, 3.8) is 0 Å². The van der Waals surface area contributed by atoms with Crippen LogP contribution < -0.4 is 4.57 Å². The highest BCUT2D eigenvalue weighted by Crippen LogP contribution is 2.26. The predicted octanol–water partition coefficient (Wildman–Crippen LogP) is 1.99. The zero-order valence-corrected chi connectivity index (χ0v) is 16.6. The third-order valence-electron chi connectivity index (χ3n) is 5.17. The second kappa shape index (κ2) is 8.04. The molecule has 0 saturated carbocycles. The Bertz CT molecular complexity index is 1230. The van der Waals surface area contributed by atoms with Crippen LogP contribution in [0.2, 0.25) is 0 Å². The van der Waals surface area contributed by atoms with Crippen molar-refractivity contribution in [2.45, 2.75) is 13.1 Å². The lowest BCUT2D eigenvalue weighted by Crippen LogP contribution is -2.43. The van der Waals surface area contributed by atoms with Gasteiger partial charge in [-0.25, -0.2) is 9.13 Å². The van der Waals surface area contributed by atoms with Gasteiger partial charge in [0, 0.05) is 35.9 Å². The Morgan fingerprint density at radius 1 is 1.06 bits per heavy atom. The summed E-state index contributed by atoms with van der Waals surface area (Å²) in [4.78, 5) is 49.4. The van der Waals surface area contributed by atoms with Crippen LogP contribution in [0, 0.1) is 10.1 Å². The van der Waals surface area contributed by atoms with Gasteiger partial charge in [-0.15, -0.1) is 0 Å². The van der Waals surface area contributed by atoms with E-state index in [4.69, 9.17) is 4.74 Å². The highest BCUT2D eigenvalue weighted by Gasteiger charge is 2.41. The first-order valence-corrected chi connectivity index (χ1v) is 9.50. The summed E-state index contributed by atoms with van der Waals surface area (Å²) in [6, 6.07) is 11.8. The van der Waals surface area contributed by atoms with E-state index in [2.05, 4.69) is 0 Å². The van der Waals surface area contributed by atoms with Crippen LogP contribution in [0.1, 0.15) is 42.5 Å². The molecule has 31 heavy (non-hydrogen) atoms. The molecule has 9 heteroatoms. The first-order valence-electron chi connectivity index (χ1n) is 9.50. The summed E-state index contributed by atoms with van der Waals surface area (Å²) in [7, 11) is 1.53. The van der Waals surface area contributed by atoms with Crippen LogP contribution in [0.4, 0.5) is 5.69 Å². The number of nitro benzene ring substituents is 1. The molecule has 0 aliphatic heterocycles. The predicted molar refractivity (Wildman–Crippen MR) is 107 cm³/mol. The molecule has 1 heterocycles. The van der Waals surface area contributed by atoms with Crippen molar-refractivity contribution in [2.24, 2.45) is 0 Å². The number of non-ortho nitro benzene ring substituents is 1. The number of ketones is 3. The molecular weight excluding hydrogens is 402 g/mol. The molecule has 0 N–H and O–H groups in total. The number of hydrogen-bond donors (Lipinski definition) is 0. The van der Waals surface area contributed by atoms with E-state index in [1.807, 2.05) is 0 Å². The third kappa shape index (κ3) is 3.55. The van der Waals surface area contributed by atoms with E-state index >= 15 is 0 Å². The van der Waals surface area contributed by atoms with Crippen LogP contribution in [0.15, 0.2) is 54.9 Å². The van der Waals surface area contributed by atoms with Gasteiger partial charge in [-0.2, -0.15) is 0 Å². The van der Waals surface area contributed by atoms with Crippen molar-refractivity contribution < 1.29 is 28.6 Å². The average Bonchev–Trinajstić information content (AvgIpc) is 3.14. The summed E-state index contributed by atoms with van der Waals surface area (Å²) in [5, 5.41) is 10.8. The van der Waals surface area contributed by atoms with E-state index in [0.717, 1.165) is 0 Å². The number of methoxy groups -OCH3 is 1. The number of nitrogens with zero attached hydrogens (tertiary/aromatic N) is 3. The van der Waals surface area contributed by atoms with Gasteiger partial charge in [-0.05, 0) is 12.1 Å². The summed E-state index contributed by atoms with van der Waals surface area (Å²) < 4.78 is 8.20. The van der Waals surface area contributed by atoms with Crippen LogP contribution in [0.3, 0.4) is 0 Å². The van der Waals surface area contributed by atoms with Crippen LogP contribution in [0.25, 0.3) is 0 Å². The Balaban J connectivity index is 1.74. The highest BCUT2D eigenvalue weighted by atomic mass is 16.6. The van der Waals surface area contributed by atoms with Crippen molar-refractivity contribution in [3.05, 3.63) is 93.1 Å². The zero-order valence-electron chi connectivity index (χ0n) is 16.6. The van der Waals surface area contributed by atoms with E-state index < -0.39 is 4.92 Å². The molecule has 1 aliphatic rings. The summed E-state index contributed by atoms with van der Waals surface area (Å²) in [6.07, 6.45) is 1.56. The lowest BCUT2D eigenvalue weighted by Gasteiger charge is -2.12. The second-order valence-electron chi connectivity index (χ2n) is 7.06. The van der Waals surface area contributed by atoms with E-state index in [1.54, 1.807) is 35.2 Å². The van der Waals surface area contributed by atoms with Gasteiger partial charge >= 0.3 is 0 Å². The first kappa shape index (κ1) is 20.3. The Labute approximate surface area is 176 Å². The number of carbonyl (C=O) groups is 3. The number of aromatic nitrogens is 2. The maximum absolute atomic E-state index is 13.2. The van der Waals surface area contributed by atoms with Crippen LogP contribution in [-0.4, -0.2) is 40.6 Å². The quantitative estimate of drug-likeness (QED) is 0.196. The molecule has 0 radical (unpaired) electrons. The lowest BCUT2D eigenvalue weighted by atomic mass is 9.90. The number of fused-ring (bicyclic) bond motifs is 2. The largest absolute Gasteiger partial charge is 0.381 e. The highest BCUT2D eigenvalue weighted by molar-refractivity contribution is 6.26. The third-order valence-corrected chi connectivity index (χ3v) is 5.17. The van der Waals surface area contributed by atoms with Gasteiger partial charge in [0.25, 0.3) is 5.69 Å². The Kier molecular flexibility index (Phi) is 5.26. The number of ether oxygens (including phenoxy) is 1. The van der Waals surface area contributed by atoms with Crippen LogP contribution in [0.5, 0.6) is 0 Å². The fourth-order valence-corrected chi connectivity index (χ4v) is 3.66. The number of hydrogen-bond acceptors (Lipinski definition) is 6. The number of rotatable bonds is 7.